The zero-order valence-corrected chi connectivity index (χ0v) is 36.8. The fourth-order valence-electron chi connectivity index (χ4n) is 11.5. The molecule has 1 aromatic heterocycles. The maximum atomic E-state index is 2.51. The van der Waals surface area contributed by atoms with Crippen molar-refractivity contribution in [3.8, 4) is 33.4 Å². The van der Waals surface area contributed by atoms with E-state index in [0.717, 1.165) is 17.1 Å². The summed E-state index contributed by atoms with van der Waals surface area (Å²) in [6, 6.07) is 90.5. The molecule has 2 heteroatoms. The third-order valence-electron chi connectivity index (χ3n) is 14.4. The minimum atomic E-state index is -0.528. The van der Waals surface area contributed by atoms with Gasteiger partial charge in [0.1, 0.15) is 0 Å². The molecule has 0 amide bonds. The van der Waals surface area contributed by atoms with Gasteiger partial charge < -0.3 is 4.90 Å². The molecule has 306 valence electrons. The highest BCUT2D eigenvalue weighted by Gasteiger charge is 2.46. The van der Waals surface area contributed by atoms with Crippen LogP contribution >= 0.6 is 11.3 Å². The van der Waals surface area contributed by atoms with E-state index >= 15 is 0 Å². The molecule has 1 heterocycles. The van der Waals surface area contributed by atoms with Crippen LogP contribution in [-0.2, 0) is 10.8 Å². The monoisotopic (exact) mass is 845 g/mol. The van der Waals surface area contributed by atoms with Crippen molar-refractivity contribution in [2.75, 3.05) is 4.90 Å². The lowest BCUT2D eigenvalue weighted by Crippen LogP contribution is -2.28. The zero-order chi connectivity index (χ0) is 43.1. The van der Waals surface area contributed by atoms with Crippen LogP contribution in [-0.4, -0.2) is 0 Å². The second kappa shape index (κ2) is 14.6. The quantitative estimate of drug-likeness (QED) is 0.154. The molecule has 0 aliphatic heterocycles. The summed E-state index contributed by atoms with van der Waals surface area (Å²) in [4.78, 5) is 2.51. The Morgan fingerprint density at radius 1 is 0.338 bits per heavy atom. The predicted molar refractivity (Wildman–Crippen MR) is 274 cm³/mol. The predicted octanol–water partition coefficient (Wildman–Crippen LogP) is 16.9. The first-order valence-electron chi connectivity index (χ1n) is 22.6. The van der Waals surface area contributed by atoms with Crippen molar-refractivity contribution in [2.45, 2.75) is 17.8 Å². The molecule has 1 atom stereocenters. The Balaban J connectivity index is 1.07. The van der Waals surface area contributed by atoms with Gasteiger partial charge in [0.25, 0.3) is 0 Å². The summed E-state index contributed by atoms with van der Waals surface area (Å²) in [5, 5.41) is 2.62. The number of nitrogens with zero attached hydrogens (tertiary/aromatic N) is 1. The third-order valence-corrected chi connectivity index (χ3v) is 15.6. The minimum absolute atomic E-state index is 0.344. The fraction of sp³-hybridized carbons (Fsp3) is 0.0476. The number of anilines is 3. The number of benzene rings is 10. The Hall–Kier alpha value is -7.78. The van der Waals surface area contributed by atoms with Crippen LogP contribution in [0.15, 0.2) is 243 Å². The standard InChI is InChI=1S/C63H43NS/c1-62(43-20-5-2-6-21-43)56-32-14-11-27-50(56)52-37-35-47(40-58(52)62)64(46-26-17-19-42(39-46)49-30-18-31-55-54-29-13-16-34-60(54)65-61(49)55)48-36-38-53-51-28-12-15-33-57(51)63(59(53)41-48,44-22-7-3-8-23-44)45-24-9-4-10-25-45/h2-41H,1H3. The van der Waals surface area contributed by atoms with E-state index in [2.05, 4.69) is 254 Å². The minimum Gasteiger partial charge on any atom is -0.310 e. The third kappa shape index (κ3) is 5.51. The smallest absolute Gasteiger partial charge is 0.0714 e. The lowest BCUT2D eigenvalue weighted by atomic mass is 9.67. The van der Waals surface area contributed by atoms with Gasteiger partial charge >= 0.3 is 0 Å². The number of hydrogen-bond donors (Lipinski definition) is 0. The van der Waals surface area contributed by atoms with Crippen molar-refractivity contribution in [2.24, 2.45) is 0 Å². The van der Waals surface area contributed by atoms with Gasteiger partial charge in [-0.25, -0.2) is 0 Å². The molecule has 0 spiro atoms. The molecular weight excluding hydrogens is 803 g/mol. The second-order valence-corrected chi connectivity index (χ2v) is 18.7. The summed E-state index contributed by atoms with van der Waals surface area (Å²) in [7, 11) is 0. The second-order valence-electron chi connectivity index (χ2n) is 17.7. The maximum Gasteiger partial charge on any atom is 0.0714 e. The summed E-state index contributed by atoms with van der Waals surface area (Å²) >= 11 is 1.88. The maximum absolute atomic E-state index is 2.51. The van der Waals surface area contributed by atoms with Gasteiger partial charge in [0, 0.05) is 42.6 Å². The molecule has 0 N–H and O–H groups in total. The first-order chi connectivity index (χ1) is 32.1. The molecule has 10 aromatic carbocycles. The van der Waals surface area contributed by atoms with Gasteiger partial charge in [-0.3, -0.25) is 0 Å². The summed E-state index contributed by atoms with van der Waals surface area (Å²) in [6.45, 7) is 2.41. The van der Waals surface area contributed by atoms with Gasteiger partial charge in [0.15, 0.2) is 0 Å². The molecule has 0 saturated heterocycles. The lowest BCUT2D eigenvalue weighted by Gasteiger charge is -2.35. The molecule has 2 aliphatic rings. The number of hydrogen-bond acceptors (Lipinski definition) is 2. The van der Waals surface area contributed by atoms with E-state index in [1.54, 1.807) is 0 Å². The molecular formula is C63H43NS. The number of thiophene rings is 1. The van der Waals surface area contributed by atoms with Gasteiger partial charge in [-0.15, -0.1) is 11.3 Å². The SMILES string of the molecule is CC1(c2ccccc2)c2ccccc2-c2ccc(N(c3cccc(-c4cccc5c4sc4ccccc45)c3)c3ccc4c(c3)C(c3ccccc3)(c3ccccc3)c3ccccc3-4)cc21. The molecule has 13 rings (SSSR count). The Bertz CT molecular complexity index is 3580. The van der Waals surface area contributed by atoms with Gasteiger partial charge in [-0.1, -0.05) is 200 Å². The highest BCUT2D eigenvalue weighted by atomic mass is 32.1. The van der Waals surface area contributed by atoms with Crippen LogP contribution < -0.4 is 4.90 Å². The van der Waals surface area contributed by atoms with Crippen LogP contribution in [0.5, 0.6) is 0 Å². The largest absolute Gasteiger partial charge is 0.310 e. The Labute approximate surface area is 384 Å². The summed E-state index contributed by atoms with van der Waals surface area (Å²) in [5.74, 6) is 0. The van der Waals surface area contributed by atoms with E-state index in [1.165, 1.54) is 92.5 Å². The van der Waals surface area contributed by atoms with Gasteiger partial charge in [0.05, 0.1) is 5.41 Å². The van der Waals surface area contributed by atoms with E-state index in [0.29, 0.717) is 0 Å². The van der Waals surface area contributed by atoms with E-state index in [9.17, 15) is 0 Å². The highest BCUT2D eigenvalue weighted by Crippen LogP contribution is 2.58. The summed E-state index contributed by atoms with van der Waals surface area (Å²) < 4.78 is 2.63. The molecule has 1 nitrogen and oxygen atoms in total. The average Bonchev–Trinajstić information content (AvgIpc) is 3.99. The lowest BCUT2D eigenvalue weighted by molar-refractivity contribution is 0.714. The fourth-order valence-corrected chi connectivity index (χ4v) is 12.7. The van der Waals surface area contributed by atoms with Crippen LogP contribution in [0, 0.1) is 0 Å². The van der Waals surface area contributed by atoms with Crippen LogP contribution in [0.25, 0.3) is 53.6 Å². The van der Waals surface area contributed by atoms with Crippen LogP contribution in [0.4, 0.5) is 17.1 Å². The van der Waals surface area contributed by atoms with Gasteiger partial charge in [-0.2, -0.15) is 0 Å². The normalized spacial score (nSPS) is 15.3. The molecule has 0 bridgehead atoms. The van der Waals surface area contributed by atoms with E-state index in [4.69, 9.17) is 0 Å². The van der Waals surface area contributed by atoms with E-state index in [1.807, 2.05) is 11.3 Å². The van der Waals surface area contributed by atoms with Crippen LogP contribution in [0.3, 0.4) is 0 Å². The van der Waals surface area contributed by atoms with E-state index < -0.39 is 5.41 Å². The zero-order valence-electron chi connectivity index (χ0n) is 35.9. The first kappa shape index (κ1) is 37.7. The van der Waals surface area contributed by atoms with Crippen molar-refractivity contribution in [3.05, 3.63) is 282 Å². The average molecular weight is 846 g/mol. The van der Waals surface area contributed by atoms with Crippen molar-refractivity contribution >= 4 is 48.6 Å². The van der Waals surface area contributed by atoms with Crippen LogP contribution in [0.2, 0.25) is 0 Å². The van der Waals surface area contributed by atoms with Crippen LogP contribution in [0.1, 0.15) is 45.9 Å². The first-order valence-corrected chi connectivity index (χ1v) is 23.4. The number of fused-ring (bicyclic) bond motifs is 9. The number of rotatable bonds is 7. The Kier molecular flexibility index (Phi) is 8.50. The molecule has 0 radical (unpaired) electrons. The molecule has 65 heavy (non-hydrogen) atoms. The van der Waals surface area contributed by atoms with Gasteiger partial charge in [-0.05, 0) is 122 Å². The summed E-state index contributed by atoms with van der Waals surface area (Å²) in [6.07, 6.45) is 0. The highest BCUT2D eigenvalue weighted by molar-refractivity contribution is 7.26. The van der Waals surface area contributed by atoms with Crippen molar-refractivity contribution in [1.82, 2.24) is 0 Å². The molecule has 2 aliphatic carbocycles. The molecule has 0 saturated carbocycles. The topological polar surface area (TPSA) is 3.24 Å². The van der Waals surface area contributed by atoms with Crippen molar-refractivity contribution < 1.29 is 0 Å². The van der Waals surface area contributed by atoms with Gasteiger partial charge in [0.2, 0.25) is 0 Å². The molecule has 11 aromatic rings. The Morgan fingerprint density at radius 3 is 1.54 bits per heavy atom. The molecule has 1 unspecified atom stereocenters. The van der Waals surface area contributed by atoms with E-state index in [-0.39, 0.29) is 5.41 Å². The summed E-state index contributed by atoms with van der Waals surface area (Å²) in [5.41, 5.74) is 19.1. The van der Waals surface area contributed by atoms with Crippen molar-refractivity contribution in [3.63, 3.8) is 0 Å². The molecule has 0 fully saturated rings. The van der Waals surface area contributed by atoms with Crippen molar-refractivity contribution in [1.29, 1.82) is 0 Å². The Morgan fingerprint density at radius 2 is 0.831 bits per heavy atom.